The van der Waals surface area contributed by atoms with E-state index in [-0.39, 0.29) is 0 Å². The molecule has 0 radical (unpaired) electrons. The molecule has 1 unspecified atom stereocenters. The molecule has 108 valence electrons. The molecule has 1 aromatic carbocycles. The number of hydrogen-bond acceptors (Lipinski definition) is 4. The van der Waals surface area contributed by atoms with Gasteiger partial charge in [0.1, 0.15) is 0 Å². The van der Waals surface area contributed by atoms with Crippen LogP contribution in [0.4, 0.5) is 0 Å². The van der Waals surface area contributed by atoms with E-state index in [2.05, 4.69) is 24.6 Å². The highest BCUT2D eigenvalue weighted by Crippen LogP contribution is 2.28. The van der Waals surface area contributed by atoms with Crippen LogP contribution >= 0.6 is 11.8 Å². The molecule has 19 heavy (non-hydrogen) atoms. The maximum Gasteiger partial charge on any atom is 0.161 e. The Balaban J connectivity index is 2.63. The van der Waals surface area contributed by atoms with Crippen LogP contribution < -0.4 is 14.8 Å². The number of rotatable bonds is 9. The molecule has 0 spiro atoms. The second-order valence-electron chi connectivity index (χ2n) is 4.36. The molecule has 0 saturated carbocycles. The molecule has 1 N–H and O–H groups in total. The van der Waals surface area contributed by atoms with Crippen molar-refractivity contribution in [3.8, 4) is 11.5 Å². The van der Waals surface area contributed by atoms with Crippen molar-refractivity contribution in [3.63, 3.8) is 0 Å². The summed E-state index contributed by atoms with van der Waals surface area (Å²) in [6.07, 6.45) is 3.29. The molecular weight excluding hydrogens is 258 g/mol. The van der Waals surface area contributed by atoms with Gasteiger partial charge in [0, 0.05) is 18.3 Å². The van der Waals surface area contributed by atoms with Crippen LogP contribution in [0.5, 0.6) is 11.5 Å². The minimum Gasteiger partial charge on any atom is -0.493 e. The Kier molecular flexibility index (Phi) is 7.75. The van der Waals surface area contributed by atoms with Gasteiger partial charge in [0.05, 0.1) is 13.7 Å². The zero-order valence-electron chi connectivity index (χ0n) is 12.4. The summed E-state index contributed by atoms with van der Waals surface area (Å²) >= 11 is 1.88. The van der Waals surface area contributed by atoms with Gasteiger partial charge in [-0.15, -0.1) is 0 Å². The van der Waals surface area contributed by atoms with Crippen molar-refractivity contribution in [2.45, 2.75) is 32.9 Å². The van der Waals surface area contributed by atoms with Gasteiger partial charge in [0.25, 0.3) is 0 Å². The van der Waals surface area contributed by atoms with Crippen molar-refractivity contribution in [1.29, 1.82) is 0 Å². The summed E-state index contributed by atoms with van der Waals surface area (Å²) in [5.41, 5.74) is 1.22. The van der Waals surface area contributed by atoms with Gasteiger partial charge in [-0.25, -0.2) is 0 Å². The Bertz CT molecular complexity index is 371. The first-order valence-corrected chi connectivity index (χ1v) is 8.16. The molecule has 0 aliphatic heterocycles. The highest BCUT2D eigenvalue weighted by Gasteiger charge is 2.07. The van der Waals surface area contributed by atoms with Gasteiger partial charge in [-0.1, -0.05) is 13.0 Å². The number of methoxy groups -OCH3 is 1. The molecule has 3 nitrogen and oxygen atoms in total. The molecule has 0 aliphatic rings. The van der Waals surface area contributed by atoms with Crippen molar-refractivity contribution in [2.75, 3.05) is 25.7 Å². The van der Waals surface area contributed by atoms with E-state index in [9.17, 15) is 0 Å². The van der Waals surface area contributed by atoms with Crippen LogP contribution in [-0.4, -0.2) is 31.8 Å². The summed E-state index contributed by atoms with van der Waals surface area (Å²) in [6.45, 7) is 5.71. The Morgan fingerprint density at radius 3 is 2.63 bits per heavy atom. The first-order valence-electron chi connectivity index (χ1n) is 6.77. The van der Waals surface area contributed by atoms with E-state index in [0.29, 0.717) is 12.6 Å². The third-order valence-electron chi connectivity index (χ3n) is 2.98. The lowest BCUT2D eigenvalue weighted by molar-refractivity contribution is 0.310. The lowest BCUT2D eigenvalue weighted by Crippen LogP contribution is -2.30. The third-order valence-corrected chi connectivity index (χ3v) is 3.72. The maximum atomic E-state index is 5.52. The zero-order chi connectivity index (χ0) is 14.1. The van der Waals surface area contributed by atoms with Crippen LogP contribution in [0, 0.1) is 0 Å². The first kappa shape index (κ1) is 16.2. The SMILES string of the molecule is CCOc1ccc(CNC(CC)CSC)cc1OC. The van der Waals surface area contributed by atoms with Crippen LogP contribution in [0.15, 0.2) is 18.2 Å². The van der Waals surface area contributed by atoms with Gasteiger partial charge in [-0.3, -0.25) is 0 Å². The second-order valence-corrected chi connectivity index (χ2v) is 5.27. The minimum absolute atomic E-state index is 0.563. The average Bonchev–Trinajstić information content (AvgIpc) is 2.44. The minimum atomic E-state index is 0.563. The lowest BCUT2D eigenvalue weighted by atomic mass is 10.1. The van der Waals surface area contributed by atoms with Crippen molar-refractivity contribution in [2.24, 2.45) is 0 Å². The fourth-order valence-corrected chi connectivity index (χ4v) is 2.64. The molecular formula is C15H25NO2S. The van der Waals surface area contributed by atoms with E-state index < -0.39 is 0 Å². The highest BCUT2D eigenvalue weighted by atomic mass is 32.2. The van der Waals surface area contributed by atoms with Crippen LogP contribution in [0.25, 0.3) is 0 Å². The molecule has 0 aliphatic carbocycles. The largest absolute Gasteiger partial charge is 0.493 e. The second kappa shape index (κ2) is 9.10. The smallest absolute Gasteiger partial charge is 0.161 e. The molecule has 4 heteroatoms. The predicted octanol–water partition coefficient (Wildman–Crippen LogP) is 3.33. The van der Waals surface area contributed by atoms with E-state index in [1.165, 1.54) is 5.56 Å². The fourth-order valence-electron chi connectivity index (χ4n) is 1.88. The van der Waals surface area contributed by atoms with Crippen molar-refractivity contribution in [1.82, 2.24) is 5.32 Å². The summed E-state index contributed by atoms with van der Waals surface area (Å²) in [5, 5.41) is 3.57. The molecule has 0 fully saturated rings. The van der Waals surface area contributed by atoms with Crippen LogP contribution in [0.2, 0.25) is 0 Å². The number of hydrogen-bond donors (Lipinski definition) is 1. The molecule has 0 aromatic heterocycles. The summed E-state index contributed by atoms with van der Waals surface area (Å²) in [6, 6.07) is 6.68. The molecule has 0 heterocycles. The average molecular weight is 283 g/mol. The Morgan fingerprint density at radius 2 is 2.05 bits per heavy atom. The number of nitrogens with one attached hydrogen (secondary N) is 1. The number of benzene rings is 1. The van der Waals surface area contributed by atoms with E-state index in [1.54, 1.807) is 7.11 Å². The van der Waals surface area contributed by atoms with Gasteiger partial charge < -0.3 is 14.8 Å². The topological polar surface area (TPSA) is 30.5 Å². The van der Waals surface area contributed by atoms with Crippen molar-refractivity contribution in [3.05, 3.63) is 23.8 Å². The first-order chi connectivity index (χ1) is 9.24. The standard InChI is InChI=1S/C15H25NO2S/c1-5-13(11-19-4)16-10-12-7-8-14(18-6-2)15(9-12)17-3/h7-9,13,16H,5-6,10-11H2,1-4H3. The van der Waals surface area contributed by atoms with Gasteiger partial charge in [-0.2, -0.15) is 11.8 Å². The lowest BCUT2D eigenvalue weighted by Gasteiger charge is -2.16. The molecule has 0 amide bonds. The normalized spacial score (nSPS) is 12.2. The van der Waals surface area contributed by atoms with Crippen LogP contribution in [-0.2, 0) is 6.54 Å². The monoisotopic (exact) mass is 283 g/mol. The Labute approximate surface area is 121 Å². The molecule has 1 rings (SSSR count). The van der Waals surface area contributed by atoms with Crippen molar-refractivity contribution >= 4 is 11.8 Å². The molecule has 0 bridgehead atoms. The van der Waals surface area contributed by atoms with Crippen LogP contribution in [0.3, 0.4) is 0 Å². The summed E-state index contributed by atoms with van der Waals surface area (Å²) < 4.78 is 10.9. The van der Waals surface area contributed by atoms with Gasteiger partial charge in [0.15, 0.2) is 11.5 Å². The summed E-state index contributed by atoms with van der Waals surface area (Å²) in [4.78, 5) is 0. The van der Waals surface area contributed by atoms with Gasteiger partial charge in [-0.05, 0) is 37.3 Å². The number of thioether (sulfide) groups is 1. The van der Waals surface area contributed by atoms with E-state index in [1.807, 2.05) is 30.8 Å². The van der Waals surface area contributed by atoms with Crippen LogP contribution in [0.1, 0.15) is 25.8 Å². The van der Waals surface area contributed by atoms with Crippen molar-refractivity contribution < 1.29 is 9.47 Å². The van der Waals surface area contributed by atoms with Gasteiger partial charge in [0.2, 0.25) is 0 Å². The maximum absolute atomic E-state index is 5.52. The zero-order valence-corrected chi connectivity index (χ0v) is 13.2. The van der Waals surface area contributed by atoms with E-state index in [0.717, 1.165) is 30.2 Å². The predicted molar refractivity (Wildman–Crippen MR) is 83.5 cm³/mol. The Morgan fingerprint density at radius 1 is 1.26 bits per heavy atom. The van der Waals surface area contributed by atoms with E-state index in [4.69, 9.17) is 9.47 Å². The highest BCUT2D eigenvalue weighted by molar-refractivity contribution is 7.98. The summed E-state index contributed by atoms with van der Waals surface area (Å²) in [5.74, 6) is 2.76. The molecule has 0 saturated heterocycles. The van der Waals surface area contributed by atoms with E-state index >= 15 is 0 Å². The molecule has 1 aromatic rings. The third kappa shape index (κ3) is 5.33. The quantitative estimate of drug-likeness (QED) is 0.753. The Hall–Kier alpha value is -0.870. The number of ether oxygens (including phenoxy) is 2. The summed E-state index contributed by atoms with van der Waals surface area (Å²) in [7, 11) is 1.68. The van der Waals surface area contributed by atoms with Gasteiger partial charge >= 0.3 is 0 Å². The fraction of sp³-hybridized carbons (Fsp3) is 0.600. The molecule has 1 atom stereocenters.